The molecule has 1 heterocycles. The van der Waals surface area contributed by atoms with E-state index in [1.807, 2.05) is 0 Å². The van der Waals surface area contributed by atoms with E-state index in [0.29, 0.717) is 12.8 Å². The predicted molar refractivity (Wildman–Crippen MR) is 75.0 cm³/mol. The van der Waals surface area contributed by atoms with Crippen LogP contribution >= 0.6 is 0 Å². The highest BCUT2D eigenvalue weighted by Crippen LogP contribution is 2.37. The number of hydrogen-bond donors (Lipinski definition) is 1. The van der Waals surface area contributed by atoms with Gasteiger partial charge < -0.3 is 4.90 Å². The molecule has 7 heteroatoms. The molecule has 0 unspecified atom stereocenters. The van der Waals surface area contributed by atoms with Crippen LogP contribution in [0.5, 0.6) is 0 Å². The van der Waals surface area contributed by atoms with E-state index < -0.39 is 26.7 Å². The van der Waals surface area contributed by atoms with E-state index in [9.17, 15) is 18.0 Å². The Labute approximate surface area is 119 Å². The number of nitrogens with zero attached hydrogens (tertiary/aromatic N) is 1. The molecule has 0 aromatic carbocycles. The molecular weight excluding hydrogens is 280 g/mol. The lowest BCUT2D eigenvalue weighted by Crippen LogP contribution is -2.52. The minimum absolute atomic E-state index is 0.0902. The fourth-order valence-corrected chi connectivity index (χ4v) is 3.91. The molecule has 20 heavy (non-hydrogen) atoms. The van der Waals surface area contributed by atoms with E-state index in [2.05, 4.69) is 5.32 Å². The number of sulfone groups is 1. The van der Waals surface area contributed by atoms with Crippen molar-refractivity contribution in [2.45, 2.75) is 56.7 Å². The molecule has 6 nitrogen and oxygen atoms in total. The third kappa shape index (κ3) is 2.55. The summed E-state index contributed by atoms with van der Waals surface area (Å²) in [6, 6.07) is -0.448. The average molecular weight is 302 g/mol. The van der Waals surface area contributed by atoms with Crippen LogP contribution < -0.4 is 5.32 Å². The minimum Gasteiger partial charge on any atom is -0.309 e. The number of nitrogens with one attached hydrogen (secondary N) is 1. The van der Waals surface area contributed by atoms with Gasteiger partial charge in [0.15, 0.2) is 9.84 Å². The van der Waals surface area contributed by atoms with Crippen molar-refractivity contribution < 1.29 is 18.0 Å². The van der Waals surface area contributed by atoms with Crippen LogP contribution in [-0.2, 0) is 14.6 Å². The van der Waals surface area contributed by atoms with Gasteiger partial charge in [-0.15, -0.1) is 0 Å². The standard InChI is InChI=1S/C13H22N2O4S/c1-10(2)20(18,19)9-8-15-12(17)14-11(16)13(15)6-4-3-5-7-13/h10H,3-9H2,1-2H3,(H,14,16,17). The minimum atomic E-state index is -3.21. The molecule has 0 aromatic heterocycles. The summed E-state index contributed by atoms with van der Waals surface area (Å²) in [4.78, 5) is 25.5. The van der Waals surface area contributed by atoms with E-state index in [1.165, 1.54) is 4.90 Å². The maximum atomic E-state index is 12.1. The van der Waals surface area contributed by atoms with Gasteiger partial charge in [0, 0.05) is 6.54 Å². The van der Waals surface area contributed by atoms with Gasteiger partial charge in [-0.1, -0.05) is 19.3 Å². The maximum Gasteiger partial charge on any atom is 0.325 e. The average Bonchev–Trinajstić information content (AvgIpc) is 2.60. The lowest BCUT2D eigenvalue weighted by atomic mass is 9.80. The molecule has 0 aromatic rings. The first-order valence-corrected chi connectivity index (χ1v) is 8.86. The number of carbonyl (C=O) groups is 2. The Kier molecular flexibility index (Phi) is 4.09. The van der Waals surface area contributed by atoms with Gasteiger partial charge in [0.05, 0.1) is 11.0 Å². The van der Waals surface area contributed by atoms with Gasteiger partial charge in [0.2, 0.25) is 0 Å². The van der Waals surface area contributed by atoms with Crippen LogP contribution in [0.25, 0.3) is 0 Å². The van der Waals surface area contributed by atoms with Gasteiger partial charge in [-0.25, -0.2) is 13.2 Å². The van der Waals surface area contributed by atoms with Crippen molar-refractivity contribution >= 4 is 21.8 Å². The van der Waals surface area contributed by atoms with Gasteiger partial charge in [0.1, 0.15) is 5.54 Å². The topological polar surface area (TPSA) is 83.6 Å². The van der Waals surface area contributed by atoms with E-state index in [1.54, 1.807) is 13.8 Å². The van der Waals surface area contributed by atoms with Crippen molar-refractivity contribution in [1.82, 2.24) is 10.2 Å². The highest BCUT2D eigenvalue weighted by atomic mass is 32.2. The van der Waals surface area contributed by atoms with Gasteiger partial charge in [-0.3, -0.25) is 10.1 Å². The summed E-state index contributed by atoms with van der Waals surface area (Å²) in [5.74, 6) is -0.350. The molecule has 0 radical (unpaired) electrons. The summed E-state index contributed by atoms with van der Waals surface area (Å²) in [6.45, 7) is 3.35. The summed E-state index contributed by atoms with van der Waals surface area (Å²) in [5, 5.41) is 1.88. The molecule has 3 amide bonds. The quantitative estimate of drug-likeness (QED) is 0.787. The molecule has 1 saturated carbocycles. The molecule has 1 spiro atoms. The fraction of sp³-hybridized carbons (Fsp3) is 0.846. The molecule has 1 aliphatic heterocycles. The van der Waals surface area contributed by atoms with Gasteiger partial charge in [0.25, 0.3) is 5.91 Å². The van der Waals surface area contributed by atoms with E-state index in [4.69, 9.17) is 0 Å². The predicted octanol–water partition coefficient (Wildman–Crippen LogP) is 1.06. The number of rotatable bonds is 4. The van der Waals surface area contributed by atoms with Crippen molar-refractivity contribution in [2.75, 3.05) is 12.3 Å². The van der Waals surface area contributed by atoms with Crippen molar-refractivity contribution in [2.24, 2.45) is 0 Å². The van der Waals surface area contributed by atoms with Gasteiger partial charge in [-0.2, -0.15) is 0 Å². The van der Waals surface area contributed by atoms with Crippen LogP contribution in [0.1, 0.15) is 46.0 Å². The Morgan fingerprint density at radius 3 is 2.35 bits per heavy atom. The highest BCUT2D eigenvalue weighted by Gasteiger charge is 2.52. The third-order valence-corrected chi connectivity index (χ3v) is 6.59. The Morgan fingerprint density at radius 2 is 1.80 bits per heavy atom. The second-order valence-electron chi connectivity index (χ2n) is 5.92. The SMILES string of the molecule is CC(C)S(=O)(=O)CCN1C(=O)NC(=O)C12CCCCC2. The molecule has 1 N–H and O–H groups in total. The van der Waals surface area contributed by atoms with Crippen molar-refractivity contribution in [3.8, 4) is 0 Å². The molecule has 2 fully saturated rings. The van der Waals surface area contributed by atoms with Crippen molar-refractivity contribution in [3.63, 3.8) is 0 Å². The number of hydrogen-bond acceptors (Lipinski definition) is 4. The molecular formula is C13H22N2O4S. The summed E-state index contributed by atoms with van der Waals surface area (Å²) in [7, 11) is -3.21. The maximum absolute atomic E-state index is 12.1. The lowest BCUT2D eigenvalue weighted by molar-refractivity contribution is -0.128. The summed E-state index contributed by atoms with van der Waals surface area (Å²) in [6.07, 6.45) is 4.11. The molecule has 114 valence electrons. The first kappa shape index (κ1) is 15.3. The van der Waals surface area contributed by atoms with Crippen LogP contribution in [0.3, 0.4) is 0 Å². The van der Waals surface area contributed by atoms with Crippen LogP contribution in [-0.4, -0.2) is 48.3 Å². The summed E-state index contributed by atoms with van der Waals surface area (Å²) >= 11 is 0. The van der Waals surface area contributed by atoms with E-state index >= 15 is 0 Å². The summed E-state index contributed by atoms with van der Waals surface area (Å²) < 4.78 is 23.8. The fourth-order valence-electron chi connectivity index (χ4n) is 3.00. The van der Waals surface area contributed by atoms with Gasteiger partial charge in [-0.05, 0) is 26.7 Å². The summed E-state index contributed by atoms with van der Waals surface area (Å²) in [5.41, 5.74) is -0.804. The zero-order chi connectivity index (χ0) is 15.0. The number of urea groups is 1. The second kappa shape index (κ2) is 5.35. The molecule has 1 saturated heterocycles. The molecule has 0 atom stereocenters. The van der Waals surface area contributed by atoms with Crippen LogP contribution in [0, 0.1) is 0 Å². The molecule has 2 rings (SSSR count). The largest absolute Gasteiger partial charge is 0.325 e. The molecule has 0 bridgehead atoms. The van der Waals surface area contributed by atoms with Crippen LogP contribution in [0.2, 0.25) is 0 Å². The number of carbonyl (C=O) groups excluding carboxylic acids is 2. The van der Waals surface area contributed by atoms with Crippen LogP contribution in [0.4, 0.5) is 4.79 Å². The zero-order valence-corrected chi connectivity index (χ0v) is 12.8. The van der Waals surface area contributed by atoms with E-state index in [0.717, 1.165) is 19.3 Å². The monoisotopic (exact) mass is 302 g/mol. The highest BCUT2D eigenvalue weighted by molar-refractivity contribution is 7.92. The Hall–Kier alpha value is -1.11. The Balaban J connectivity index is 2.16. The van der Waals surface area contributed by atoms with Crippen LogP contribution in [0.15, 0.2) is 0 Å². The van der Waals surface area contributed by atoms with Crippen molar-refractivity contribution in [1.29, 1.82) is 0 Å². The third-order valence-electron chi connectivity index (χ3n) is 4.40. The lowest BCUT2D eigenvalue weighted by Gasteiger charge is -2.38. The second-order valence-corrected chi connectivity index (χ2v) is 8.60. The van der Waals surface area contributed by atoms with Crippen molar-refractivity contribution in [3.05, 3.63) is 0 Å². The van der Waals surface area contributed by atoms with Gasteiger partial charge >= 0.3 is 6.03 Å². The zero-order valence-electron chi connectivity index (χ0n) is 12.0. The number of imide groups is 1. The molecule has 2 aliphatic rings. The smallest absolute Gasteiger partial charge is 0.309 e. The first-order chi connectivity index (χ1) is 9.29. The molecule has 1 aliphatic carbocycles. The normalized spacial score (nSPS) is 22.6. The first-order valence-electron chi connectivity index (χ1n) is 7.14. The Morgan fingerprint density at radius 1 is 1.20 bits per heavy atom. The number of amides is 3. The van der Waals surface area contributed by atoms with E-state index in [-0.39, 0.29) is 18.2 Å². The Bertz CT molecular complexity index is 506.